The molecule has 0 aromatic carbocycles. The minimum atomic E-state index is -4.97. The Morgan fingerprint density at radius 3 is 2.12 bits per heavy atom. The molecule has 0 atom stereocenters. The van der Waals surface area contributed by atoms with Crippen LogP contribution in [-0.4, -0.2) is 49.4 Å². The second kappa shape index (κ2) is 8.83. The highest BCUT2D eigenvalue weighted by Crippen LogP contribution is 2.29. The maximum absolute atomic E-state index is 12.9. The number of alkyl halides is 6. The van der Waals surface area contributed by atoms with Crippen molar-refractivity contribution >= 4 is 33.9 Å². The van der Waals surface area contributed by atoms with Gasteiger partial charge in [0.2, 0.25) is 0 Å². The molecule has 0 radical (unpaired) electrons. The van der Waals surface area contributed by atoms with Gasteiger partial charge in [0.05, 0.1) is 28.4 Å². The first-order valence-corrected chi connectivity index (χ1v) is 10.1. The molecule has 15 heteroatoms. The van der Waals surface area contributed by atoms with Gasteiger partial charge < -0.3 is 5.11 Å². The Morgan fingerprint density at radius 1 is 1.09 bits per heavy atom. The van der Waals surface area contributed by atoms with E-state index in [1.54, 1.807) is 20.8 Å². The van der Waals surface area contributed by atoms with E-state index in [-0.39, 0.29) is 25.2 Å². The highest BCUT2D eigenvalue weighted by molar-refractivity contribution is 7.20. The number of nitrogens with zero attached hydrogens (tertiary/aromatic N) is 4. The number of hydrazone groups is 1. The van der Waals surface area contributed by atoms with Gasteiger partial charge in [-0.15, -0.1) is 11.3 Å². The molecule has 0 fully saturated rings. The van der Waals surface area contributed by atoms with Crippen LogP contribution in [0.25, 0.3) is 10.2 Å². The standard InChI is InChI=1S/C18H20F6N4O4S/c1-9-10(7-25-28(15(31)32)16(2,3)4)33-13-11(9)12(29)27(8-18(22,23)24)14(30)26(13)6-5-17(19,20)21/h7H,5-6,8H2,1-4H3,(H,31,32)/b25-7+. The Bertz CT molecular complexity index is 1200. The van der Waals surface area contributed by atoms with Crippen molar-refractivity contribution in [2.24, 2.45) is 5.10 Å². The van der Waals surface area contributed by atoms with Crippen molar-refractivity contribution in [2.45, 2.75) is 65.1 Å². The van der Waals surface area contributed by atoms with Crippen LogP contribution in [0.5, 0.6) is 0 Å². The fourth-order valence-electron chi connectivity index (χ4n) is 2.91. The van der Waals surface area contributed by atoms with Crippen LogP contribution in [0.1, 0.15) is 37.6 Å². The second-order valence-corrected chi connectivity index (χ2v) is 9.12. The highest BCUT2D eigenvalue weighted by Gasteiger charge is 2.33. The third-order valence-corrected chi connectivity index (χ3v) is 5.64. The molecular formula is C18H20F6N4O4S. The SMILES string of the molecule is Cc1c(/C=N/N(C(=O)O)C(C)(C)C)sc2c1c(=O)n(CC(F)(F)F)c(=O)n2CCC(F)(F)F. The number of thiophene rings is 1. The van der Waals surface area contributed by atoms with Gasteiger partial charge in [-0.3, -0.25) is 13.9 Å². The number of halogens is 6. The first kappa shape index (κ1) is 26.4. The average Bonchev–Trinajstić information content (AvgIpc) is 2.92. The summed E-state index contributed by atoms with van der Waals surface area (Å²) in [6, 6.07) is 0. The molecule has 0 aliphatic heterocycles. The lowest BCUT2D eigenvalue weighted by atomic mass is 10.1. The predicted molar refractivity (Wildman–Crippen MR) is 109 cm³/mol. The summed E-state index contributed by atoms with van der Waals surface area (Å²) >= 11 is 0.653. The van der Waals surface area contributed by atoms with Gasteiger partial charge in [0, 0.05) is 6.54 Å². The molecule has 1 N–H and O–H groups in total. The average molecular weight is 502 g/mol. The summed E-state index contributed by atoms with van der Waals surface area (Å²) in [4.78, 5) is 36.5. The monoisotopic (exact) mass is 502 g/mol. The third-order valence-electron chi connectivity index (χ3n) is 4.39. The molecule has 1 amide bonds. The van der Waals surface area contributed by atoms with Gasteiger partial charge in [-0.05, 0) is 33.3 Å². The fourth-order valence-corrected chi connectivity index (χ4v) is 4.09. The zero-order chi connectivity index (χ0) is 25.5. The van der Waals surface area contributed by atoms with E-state index in [1.165, 1.54) is 6.92 Å². The fraction of sp³-hybridized carbons (Fsp3) is 0.556. The summed E-state index contributed by atoms with van der Waals surface area (Å²) in [5, 5.41) is 13.5. The lowest BCUT2D eigenvalue weighted by molar-refractivity contribution is -0.143. The second-order valence-electron chi connectivity index (χ2n) is 8.09. The number of amides is 1. The Morgan fingerprint density at radius 2 is 1.67 bits per heavy atom. The van der Waals surface area contributed by atoms with Crippen molar-refractivity contribution in [3.63, 3.8) is 0 Å². The number of carboxylic acid groups (broad SMARTS) is 1. The van der Waals surface area contributed by atoms with Crippen molar-refractivity contribution in [3.8, 4) is 0 Å². The van der Waals surface area contributed by atoms with Crippen LogP contribution in [0.15, 0.2) is 14.7 Å². The third kappa shape index (κ3) is 6.15. The van der Waals surface area contributed by atoms with Crippen LogP contribution in [0.3, 0.4) is 0 Å². The Kier molecular flexibility index (Phi) is 7.07. The zero-order valence-corrected chi connectivity index (χ0v) is 18.7. The smallest absolute Gasteiger partial charge is 0.428 e. The maximum atomic E-state index is 12.9. The van der Waals surface area contributed by atoms with Crippen molar-refractivity contribution < 1.29 is 36.2 Å². The largest absolute Gasteiger partial charge is 0.464 e. The first-order chi connectivity index (χ1) is 14.8. The van der Waals surface area contributed by atoms with Gasteiger partial charge in [0.1, 0.15) is 11.4 Å². The highest BCUT2D eigenvalue weighted by atomic mass is 32.1. The van der Waals surface area contributed by atoms with Crippen molar-refractivity contribution in [1.29, 1.82) is 0 Å². The molecule has 0 aliphatic rings. The van der Waals surface area contributed by atoms with E-state index in [2.05, 4.69) is 5.10 Å². The lowest BCUT2D eigenvalue weighted by Gasteiger charge is -2.27. The number of hydrogen-bond donors (Lipinski definition) is 1. The van der Waals surface area contributed by atoms with Crippen LogP contribution in [0.2, 0.25) is 0 Å². The van der Waals surface area contributed by atoms with Gasteiger partial charge in [0.15, 0.2) is 0 Å². The zero-order valence-electron chi connectivity index (χ0n) is 17.8. The molecule has 0 unspecified atom stereocenters. The predicted octanol–water partition coefficient (Wildman–Crippen LogP) is 4.16. The summed E-state index contributed by atoms with van der Waals surface area (Å²) in [7, 11) is 0. The minimum absolute atomic E-state index is 0.0553. The molecule has 0 saturated heterocycles. The number of fused-ring (bicyclic) bond motifs is 1. The van der Waals surface area contributed by atoms with Gasteiger partial charge in [-0.1, -0.05) is 0 Å². The molecule has 184 valence electrons. The van der Waals surface area contributed by atoms with Crippen LogP contribution < -0.4 is 11.2 Å². The maximum Gasteiger partial charge on any atom is 0.428 e. The Labute approximate surface area is 186 Å². The number of rotatable bonds is 5. The summed E-state index contributed by atoms with van der Waals surface area (Å²) in [5.74, 6) is 0. The van der Waals surface area contributed by atoms with E-state index in [4.69, 9.17) is 0 Å². The van der Waals surface area contributed by atoms with Gasteiger partial charge >= 0.3 is 24.1 Å². The summed E-state index contributed by atoms with van der Waals surface area (Å²) in [6.45, 7) is 2.97. The van der Waals surface area contributed by atoms with Crippen molar-refractivity contribution in [3.05, 3.63) is 31.3 Å². The van der Waals surface area contributed by atoms with Crippen LogP contribution in [0.4, 0.5) is 31.1 Å². The first-order valence-electron chi connectivity index (χ1n) is 9.31. The van der Waals surface area contributed by atoms with Gasteiger partial charge in [-0.2, -0.15) is 36.5 Å². The number of carbonyl (C=O) groups is 1. The van der Waals surface area contributed by atoms with Crippen molar-refractivity contribution in [2.75, 3.05) is 0 Å². The molecule has 33 heavy (non-hydrogen) atoms. The van der Waals surface area contributed by atoms with E-state index in [0.717, 1.165) is 6.21 Å². The Hall–Kier alpha value is -2.84. The molecule has 0 saturated carbocycles. The van der Waals surface area contributed by atoms with E-state index in [0.29, 0.717) is 20.9 Å². The number of hydrogen-bond acceptors (Lipinski definition) is 5. The van der Waals surface area contributed by atoms with Crippen LogP contribution in [0, 0.1) is 6.92 Å². The molecule has 2 aromatic heterocycles. The molecule has 2 heterocycles. The van der Waals surface area contributed by atoms with Gasteiger partial charge in [-0.25, -0.2) is 9.59 Å². The summed E-state index contributed by atoms with van der Waals surface area (Å²) in [5.41, 5.74) is -3.75. The van der Waals surface area contributed by atoms with Crippen LogP contribution in [-0.2, 0) is 13.1 Å². The molecule has 8 nitrogen and oxygen atoms in total. The summed E-state index contributed by atoms with van der Waals surface area (Å²) < 4.78 is 77.4. The van der Waals surface area contributed by atoms with Gasteiger partial charge in [0.25, 0.3) is 5.56 Å². The molecule has 2 rings (SSSR count). The molecule has 0 bridgehead atoms. The Balaban J connectivity index is 2.78. The quantitative estimate of drug-likeness (QED) is 0.377. The minimum Gasteiger partial charge on any atom is -0.464 e. The normalized spacial score (nSPS) is 13.3. The van der Waals surface area contributed by atoms with E-state index < -0.39 is 54.7 Å². The van der Waals surface area contributed by atoms with E-state index in [9.17, 15) is 45.8 Å². The van der Waals surface area contributed by atoms with E-state index in [1.807, 2.05) is 0 Å². The molecule has 0 spiro atoms. The van der Waals surface area contributed by atoms with E-state index >= 15 is 0 Å². The molecule has 0 aliphatic carbocycles. The van der Waals surface area contributed by atoms with Crippen LogP contribution >= 0.6 is 11.3 Å². The molecule has 2 aromatic rings. The lowest BCUT2D eigenvalue weighted by Crippen LogP contribution is -2.43. The number of aromatic nitrogens is 2. The molecular weight excluding hydrogens is 482 g/mol. The van der Waals surface area contributed by atoms with Crippen molar-refractivity contribution in [1.82, 2.24) is 14.1 Å². The topological polar surface area (TPSA) is 96.9 Å². The summed E-state index contributed by atoms with van der Waals surface area (Å²) in [6.07, 6.45) is -11.6. The number of aryl methyl sites for hydroxylation is 2.